The SMILES string of the molecule is CS[C@H]1[C@H](O)[C@@H](O)[C@H](c2ccc(Br)c(Cc3ccc(C)cc3)c2)O[C@@H]1CO. The average Bonchev–Trinajstić information content (AvgIpc) is 2.67. The maximum Gasteiger partial charge on any atom is 0.111 e. The molecule has 0 aliphatic carbocycles. The highest BCUT2D eigenvalue weighted by Crippen LogP contribution is 2.37. The van der Waals surface area contributed by atoms with Gasteiger partial charge in [-0.1, -0.05) is 57.9 Å². The molecule has 146 valence electrons. The monoisotopic (exact) mass is 452 g/mol. The minimum atomic E-state index is -1.04. The molecule has 2 aromatic carbocycles. The van der Waals surface area contributed by atoms with Crippen LogP contribution < -0.4 is 0 Å². The lowest BCUT2D eigenvalue weighted by molar-refractivity contribution is -0.175. The van der Waals surface area contributed by atoms with Crippen LogP contribution in [-0.2, 0) is 11.2 Å². The molecule has 1 aliphatic rings. The normalized spacial score (nSPS) is 28.3. The van der Waals surface area contributed by atoms with E-state index < -0.39 is 24.4 Å². The molecule has 0 radical (unpaired) electrons. The number of benzene rings is 2. The zero-order valence-corrected chi connectivity index (χ0v) is 17.8. The van der Waals surface area contributed by atoms with Gasteiger partial charge >= 0.3 is 0 Å². The van der Waals surface area contributed by atoms with Crippen LogP contribution in [0.2, 0.25) is 0 Å². The number of hydrogen-bond donors (Lipinski definition) is 3. The Balaban J connectivity index is 1.87. The van der Waals surface area contributed by atoms with Crippen molar-refractivity contribution in [3.8, 4) is 0 Å². The largest absolute Gasteiger partial charge is 0.394 e. The molecular weight excluding hydrogens is 428 g/mol. The standard InChI is InChI=1S/C21H25BrO4S/c1-12-3-5-13(6-4-12)9-15-10-14(7-8-16(15)22)20-18(24)19(25)21(27-2)17(11-23)26-20/h3-8,10,17-21,23-25H,9,11H2,1-2H3/t17-,18-,19-,20+,21-/m1/s1. The maximum atomic E-state index is 10.6. The summed E-state index contributed by atoms with van der Waals surface area (Å²) in [5.74, 6) is 0. The van der Waals surface area contributed by atoms with Crippen LogP contribution in [0.3, 0.4) is 0 Å². The van der Waals surface area contributed by atoms with E-state index in [1.807, 2.05) is 24.5 Å². The van der Waals surface area contributed by atoms with Crippen molar-refractivity contribution in [1.82, 2.24) is 0 Å². The number of aryl methyl sites for hydroxylation is 1. The Kier molecular flexibility index (Phi) is 7.00. The Morgan fingerprint density at radius 3 is 2.41 bits per heavy atom. The molecule has 0 aromatic heterocycles. The van der Waals surface area contributed by atoms with Gasteiger partial charge in [0.15, 0.2) is 0 Å². The molecule has 1 saturated heterocycles. The second-order valence-corrected chi connectivity index (χ2v) is 8.84. The summed E-state index contributed by atoms with van der Waals surface area (Å²) in [5, 5.41) is 30.4. The first kappa shape index (κ1) is 20.8. The molecule has 0 spiro atoms. The predicted molar refractivity (Wildman–Crippen MR) is 112 cm³/mol. The fraction of sp³-hybridized carbons (Fsp3) is 0.429. The highest BCUT2D eigenvalue weighted by Gasteiger charge is 2.44. The minimum Gasteiger partial charge on any atom is -0.394 e. The molecule has 0 saturated carbocycles. The first-order chi connectivity index (χ1) is 12.9. The second kappa shape index (κ2) is 9.07. The maximum absolute atomic E-state index is 10.6. The van der Waals surface area contributed by atoms with Gasteiger partial charge < -0.3 is 20.1 Å². The molecule has 0 unspecified atom stereocenters. The third-order valence-electron chi connectivity index (χ3n) is 5.05. The van der Waals surface area contributed by atoms with Crippen LogP contribution >= 0.6 is 27.7 Å². The smallest absolute Gasteiger partial charge is 0.111 e. The highest BCUT2D eigenvalue weighted by molar-refractivity contribution is 9.10. The van der Waals surface area contributed by atoms with E-state index in [1.165, 1.54) is 22.9 Å². The first-order valence-electron chi connectivity index (χ1n) is 8.93. The molecule has 0 bridgehead atoms. The van der Waals surface area contributed by atoms with Gasteiger partial charge in [-0.2, -0.15) is 11.8 Å². The molecule has 1 aliphatic heterocycles. The quantitative estimate of drug-likeness (QED) is 0.649. The first-order valence-corrected chi connectivity index (χ1v) is 11.0. The summed E-state index contributed by atoms with van der Waals surface area (Å²) in [6.07, 6.45) is -0.611. The van der Waals surface area contributed by atoms with Gasteiger partial charge in [0, 0.05) is 4.47 Å². The highest BCUT2D eigenvalue weighted by atomic mass is 79.9. The molecular formula is C21H25BrO4S. The molecule has 3 N–H and O–H groups in total. The van der Waals surface area contributed by atoms with Crippen LogP contribution in [0.5, 0.6) is 0 Å². The van der Waals surface area contributed by atoms with E-state index >= 15 is 0 Å². The van der Waals surface area contributed by atoms with Gasteiger partial charge in [-0.05, 0) is 42.4 Å². The van der Waals surface area contributed by atoms with E-state index in [1.54, 1.807) is 0 Å². The van der Waals surface area contributed by atoms with Gasteiger partial charge in [-0.15, -0.1) is 0 Å². The summed E-state index contributed by atoms with van der Waals surface area (Å²) in [6.45, 7) is 1.87. The van der Waals surface area contributed by atoms with Crippen LogP contribution in [0.4, 0.5) is 0 Å². The van der Waals surface area contributed by atoms with Gasteiger partial charge in [0.05, 0.1) is 24.1 Å². The Hall–Kier alpha value is -0.890. The fourth-order valence-electron chi connectivity index (χ4n) is 3.49. The zero-order valence-electron chi connectivity index (χ0n) is 15.4. The fourth-order valence-corrected chi connectivity index (χ4v) is 4.77. The summed E-state index contributed by atoms with van der Waals surface area (Å²) in [4.78, 5) is 0. The van der Waals surface area contributed by atoms with E-state index in [9.17, 15) is 15.3 Å². The molecule has 1 heterocycles. The van der Waals surface area contributed by atoms with Gasteiger partial charge in [-0.3, -0.25) is 0 Å². The Morgan fingerprint density at radius 1 is 1.07 bits per heavy atom. The van der Waals surface area contributed by atoms with E-state index in [0.29, 0.717) is 0 Å². The Bertz CT molecular complexity index is 765. The second-order valence-electron chi connectivity index (χ2n) is 6.97. The van der Waals surface area contributed by atoms with E-state index in [2.05, 4.69) is 47.1 Å². The van der Waals surface area contributed by atoms with E-state index in [0.717, 1.165) is 22.0 Å². The molecule has 27 heavy (non-hydrogen) atoms. The van der Waals surface area contributed by atoms with Crippen LogP contribution in [0.25, 0.3) is 0 Å². The van der Waals surface area contributed by atoms with Crippen molar-refractivity contribution < 1.29 is 20.1 Å². The van der Waals surface area contributed by atoms with Crippen molar-refractivity contribution in [2.24, 2.45) is 0 Å². The van der Waals surface area contributed by atoms with Crippen molar-refractivity contribution >= 4 is 27.7 Å². The van der Waals surface area contributed by atoms with Crippen LogP contribution in [0.15, 0.2) is 46.9 Å². The third kappa shape index (κ3) is 4.58. The molecule has 0 amide bonds. The van der Waals surface area contributed by atoms with Crippen molar-refractivity contribution in [2.45, 2.75) is 43.0 Å². The predicted octanol–water partition coefficient (Wildman–Crippen LogP) is 3.23. The number of hydrogen-bond acceptors (Lipinski definition) is 5. The van der Waals surface area contributed by atoms with Crippen LogP contribution in [0, 0.1) is 6.92 Å². The van der Waals surface area contributed by atoms with Gasteiger partial charge in [0.2, 0.25) is 0 Å². The summed E-state index contributed by atoms with van der Waals surface area (Å²) in [6, 6.07) is 14.2. The number of ether oxygens (including phenoxy) is 1. The summed E-state index contributed by atoms with van der Waals surface area (Å²) in [5.41, 5.74) is 4.29. The molecule has 1 fully saturated rings. The van der Waals surface area contributed by atoms with E-state index in [4.69, 9.17) is 4.74 Å². The summed E-state index contributed by atoms with van der Waals surface area (Å²) >= 11 is 5.00. The van der Waals surface area contributed by atoms with Crippen molar-refractivity contribution in [3.05, 3.63) is 69.2 Å². The van der Waals surface area contributed by atoms with Crippen molar-refractivity contribution in [2.75, 3.05) is 12.9 Å². The van der Waals surface area contributed by atoms with Crippen molar-refractivity contribution in [3.63, 3.8) is 0 Å². The van der Waals surface area contributed by atoms with Crippen LogP contribution in [-0.4, -0.2) is 51.7 Å². The number of aliphatic hydroxyl groups is 3. The molecule has 4 nitrogen and oxygen atoms in total. The lowest BCUT2D eigenvalue weighted by atomic mass is 9.91. The van der Waals surface area contributed by atoms with Gasteiger partial charge in [0.1, 0.15) is 12.2 Å². The third-order valence-corrected chi connectivity index (χ3v) is 6.95. The van der Waals surface area contributed by atoms with E-state index in [-0.39, 0.29) is 11.9 Å². The molecule has 2 aromatic rings. The Morgan fingerprint density at radius 2 is 1.78 bits per heavy atom. The lowest BCUT2D eigenvalue weighted by Gasteiger charge is -2.42. The number of thioether (sulfide) groups is 1. The zero-order chi connectivity index (χ0) is 19.6. The topological polar surface area (TPSA) is 69.9 Å². The number of rotatable bonds is 5. The minimum absolute atomic E-state index is 0.196. The number of halogens is 1. The lowest BCUT2D eigenvalue weighted by Crippen LogP contribution is -2.53. The van der Waals surface area contributed by atoms with Gasteiger partial charge in [0.25, 0.3) is 0 Å². The molecule has 5 atom stereocenters. The van der Waals surface area contributed by atoms with Gasteiger partial charge in [-0.25, -0.2) is 0 Å². The number of aliphatic hydroxyl groups excluding tert-OH is 3. The average molecular weight is 453 g/mol. The Labute approximate surface area is 172 Å². The summed E-state index contributed by atoms with van der Waals surface area (Å²) in [7, 11) is 0. The summed E-state index contributed by atoms with van der Waals surface area (Å²) < 4.78 is 6.96. The molecule has 3 rings (SSSR count). The molecule has 6 heteroatoms. The van der Waals surface area contributed by atoms with Crippen molar-refractivity contribution in [1.29, 1.82) is 0 Å². The van der Waals surface area contributed by atoms with Crippen LogP contribution in [0.1, 0.15) is 28.4 Å².